The van der Waals surface area contributed by atoms with Gasteiger partial charge in [0.2, 0.25) is 0 Å². The molecular weight excluding hydrogens is 462 g/mol. The Hall–Kier alpha value is -4.11. The monoisotopic (exact) mass is 487 g/mol. The third-order valence-electron chi connectivity index (χ3n) is 6.49. The van der Waals surface area contributed by atoms with Gasteiger partial charge in [0.05, 0.1) is 34.9 Å². The second-order valence-corrected chi connectivity index (χ2v) is 8.78. The number of non-ortho nitro benzene ring substituents is 1. The molecule has 1 saturated heterocycles. The molecule has 2 aliphatic rings. The number of hydrogen-bond acceptors (Lipinski definition) is 7. The second-order valence-electron chi connectivity index (χ2n) is 8.78. The molecule has 2 heterocycles. The third kappa shape index (κ3) is 4.83. The van der Waals surface area contributed by atoms with Crippen molar-refractivity contribution in [1.29, 1.82) is 0 Å². The molecule has 36 heavy (non-hydrogen) atoms. The molecule has 0 radical (unpaired) electrons. The summed E-state index contributed by atoms with van der Waals surface area (Å²) in [6, 6.07) is 13.8. The molecule has 9 nitrogen and oxygen atoms in total. The van der Waals surface area contributed by atoms with Crippen molar-refractivity contribution >= 4 is 40.1 Å². The van der Waals surface area contributed by atoms with Crippen molar-refractivity contribution in [2.75, 3.05) is 32.9 Å². The number of ether oxygens (including phenoxy) is 2. The number of nitrogens with zero attached hydrogens (tertiary/aromatic N) is 3. The summed E-state index contributed by atoms with van der Waals surface area (Å²) in [7, 11) is 0. The fourth-order valence-electron chi connectivity index (χ4n) is 4.74. The number of aromatic nitrogens is 1. The van der Waals surface area contributed by atoms with E-state index in [-0.39, 0.29) is 18.2 Å². The molecule has 5 rings (SSSR count). The standard InChI is InChI=1S/C27H25N3O6/c31-24(29-11-13-35-14-12-29)17-36-27(32)25-21-8-1-2-10-23(21)28-26-19(6-4-9-22(25)26)15-18-5-3-7-20(16-18)30(33)34/h1-3,5,7-8,10,15-16H,4,6,9,11-14,17H2/b19-15+. The zero-order valence-corrected chi connectivity index (χ0v) is 19.6. The number of rotatable bonds is 5. The smallest absolute Gasteiger partial charge is 0.339 e. The summed E-state index contributed by atoms with van der Waals surface area (Å²) in [5.41, 5.74) is 4.16. The number of allylic oxidation sites excluding steroid dienone is 1. The largest absolute Gasteiger partial charge is 0.452 e. The van der Waals surface area contributed by atoms with Gasteiger partial charge in [0.15, 0.2) is 6.61 Å². The lowest BCUT2D eigenvalue weighted by atomic mass is 9.86. The number of fused-ring (bicyclic) bond motifs is 2. The maximum atomic E-state index is 13.4. The lowest BCUT2D eigenvalue weighted by molar-refractivity contribution is -0.384. The van der Waals surface area contributed by atoms with E-state index in [2.05, 4.69) is 0 Å². The fourth-order valence-corrected chi connectivity index (χ4v) is 4.74. The number of carbonyl (C=O) groups is 2. The summed E-state index contributed by atoms with van der Waals surface area (Å²) >= 11 is 0. The molecule has 0 N–H and O–H groups in total. The van der Waals surface area contributed by atoms with Gasteiger partial charge in [-0.05, 0) is 48.1 Å². The molecule has 2 aromatic carbocycles. The molecule has 1 aliphatic carbocycles. The number of benzene rings is 2. The summed E-state index contributed by atoms with van der Waals surface area (Å²) in [5, 5.41) is 11.9. The topological polar surface area (TPSA) is 112 Å². The van der Waals surface area contributed by atoms with Gasteiger partial charge in [-0.3, -0.25) is 14.9 Å². The Morgan fingerprint density at radius 2 is 1.92 bits per heavy atom. The maximum Gasteiger partial charge on any atom is 0.339 e. The van der Waals surface area contributed by atoms with Gasteiger partial charge in [-0.1, -0.05) is 30.3 Å². The zero-order valence-electron chi connectivity index (χ0n) is 19.6. The van der Waals surface area contributed by atoms with E-state index in [0.717, 1.165) is 24.0 Å². The number of para-hydroxylation sites is 1. The molecule has 0 spiro atoms. The van der Waals surface area contributed by atoms with E-state index in [1.165, 1.54) is 12.1 Å². The van der Waals surface area contributed by atoms with Crippen LogP contribution < -0.4 is 0 Å². The molecule has 184 valence electrons. The van der Waals surface area contributed by atoms with Crippen LogP contribution in [0, 0.1) is 10.1 Å². The highest BCUT2D eigenvalue weighted by Crippen LogP contribution is 2.36. The number of pyridine rings is 1. The van der Waals surface area contributed by atoms with E-state index in [9.17, 15) is 19.7 Å². The number of morpholine rings is 1. The first-order chi connectivity index (χ1) is 17.5. The number of amides is 1. The first-order valence-electron chi connectivity index (χ1n) is 11.9. The molecule has 0 atom stereocenters. The van der Waals surface area contributed by atoms with Crippen molar-refractivity contribution in [3.63, 3.8) is 0 Å². The average molecular weight is 488 g/mol. The molecular formula is C27H25N3O6. The van der Waals surface area contributed by atoms with Crippen LogP contribution in [0.1, 0.15) is 40.0 Å². The van der Waals surface area contributed by atoms with Gasteiger partial charge in [0, 0.05) is 30.6 Å². The van der Waals surface area contributed by atoms with Crippen LogP contribution in [-0.4, -0.2) is 59.6 Å². The minimum atomic E-state index is -0.553. The first-order valence-corrected chi connectivity index (χ1v) is 11.9. The summed E-state index contributed by atoms with van der Waals surface area (Å²) in [6.45, 7) is 1.58. The van der Waals surface area contributed by atoms with Crippen molar-refractivity contribution in [3.05, 3.63) is 81.0 Å². The summed E-state index contributed by atoms with van der Waals surface area (Å²) in [4.78, 5) is 43.2. The Balaban J connectivity index is 1.50. The molecule has 0 unspecified atom stereocenters. The lowest BCUT2D eigenvalue weighted by Crippen LogP contribution is -2.42. The molecule has 0 saturated carbocycles. The number of carbonyl (C=O) groups excluding carboxylic acids is 2. The number of nitro groups is 1. The predicted octanol–water partition coefficient (Wildman–Crippen LogP) is 4.04. The van der Waals surface area contributed by atoms with Crippen LogP contribution in [-0.2, 0) is 20.7 Å². The van der Waals surface area contributed by atoms with Crippen LogP contribution in [0.2, 0.25) is 0 Å². The van der Waals surface area contributed by atoms with E-state index in [4.69, 9.17) is 14.5 Å². The van der Waals surface area contributed by atoms with Crippen LogP contribution >= 0.6 is 0 Å². The third-order valence-corrected chi connectivity index (χ3v) is 6.49. The van der Waals surface area contributed by atoms with Crippen LogP contribution in [0.5, 0.6) is 0 Å². The SMILES string of the molecule is O=C(OCC(=O)N1CCOCC1)c1c2c(nc3ccccc13)/C(=C/c1cccc([N+](=O)[O-])c1)CCC2. The van der Waals surface area contributed by atoms with Gasteiger partial charge < -0.3 is 14.4 Å². The predicted molar refractivity (Wildman–Crippen MR) is 133 cm³/mol. The van der Waals surface area contributed by atoms with Gasteiger partial charge in [0.25, 0.3) is 11.6 Å². The van der Waals surface area contributed by atoms with Crippen molar-refractivity contribution in [2.24, 2.45) is 0 Å². The highest BCUT2D eigenvalue weighted by molar-refractivity contribution is 6.07. The van der Waals surface area contributed by atoms with Crippen molar-refractivity contribution in [3.8, 4) is 0 Å². The van der Waals surface area contributed by atoms with Crippen LogP contribution in [0.4, 0.5) is 5.69 Å². The van der Waals surface area contributed by atoms with Gasteiger partial charge in [-0.15, -0.1) is 0 Å². The summed E-state index contributed by atoms with van der Waals surface area (Å²) < 4.78 is 10.8. The Bertz CT molecular complexity index is 1380. The van der Waals surface area contributed by atoms with Crippen molar-refractivity contribution < 1.29 is 24.0 Å². The van der Waals surface area contributed by atoms with E-state index < -0.39 is 10.9 Å². The highest BCUT2D eigenvalue weighted by atomic mass is 16.6. The lowest BCUT2D eigenvalue weighted by Gasteiger charge is -2.27. The molecule has 1 aromatic heterocycles. The van der Waals surface area contributed by atoms with E-state index in [0.29, 0.717) is 60.4 Å². The quantitative estimate of drug-likeness (QED) is 0.303. The summed E-state index contributed by atoms with van der Waals surface area (Å²) in [6.07, 6.45) is 4.05. The van der Waals surface area contributed by atoms with E-state index in [1.54, 1.807) is 11.0 Å². The Kier molecular flexibility index (Phi) is 6.73. The maximum absolute atomic E-state index is 13.4. The van der Waals surface area contributed by atoms with Gasteiger partial charge in [-0.2, -0.15) is 0 Å². The fraction of sp³-hybridized carbons (Fsp3) is 0.296. The van der Waals surface area contributed by atoms with Gasteiger partial charge in [0.1, 0.15) is 0 Å². The van der Waals surface area contributed by atoms with E-state index >= 15 is 0 Å². The van der Waals surface area contributed by atoms with Gasteiger partial charge >= 0.3 is 5.97 Å². The summed E-state index contributed by atoms with van der Waals surface area (Å²) in [5.74, 6) is -0.798. The van der Waals surface area contributed by atoms with Crippen molar-refractivity contribution in [2.45, 2.75) is 19.3 Å². The molecule has 1 aliphatic heterocycles. The van der Waals surface area contributed by atoms with E-state index in [1.807, 2.05) is 36.4 Å². The first kappa shape index (κ1) is 23.6. The molecule has 1 amide bonds. The normalized spacial score (nSPS) is 16.6. The average Bonchev–Trinajstić information content (AvgIpc) is 2.91. The Morgan fingerprint density at radius 3 is 2.72 bits per heavy atom. The molecule has 3 aromatic rings. The van der Waals surface area contributed by atoms with Crippen molar-refractivity contribution in [1.82, 2.24) is 9.88 Å². The zero-order chi connectivity index (χ0) is 25.1. The number of nitro benzene ring substituents is 1. The van der Waals surface area contributed by atoms with Crippen LogP contribution in [0.3, 0.4) is 0 Å². The number of hydrogen-bond donors (Lipinski definition) is 0. The minimum Gasteiger partial charge on any atom is -0.452 e. The van der Waals surface area contributed by atoms with Gasteiger partial charge in [-0.25, -0.2) is 9.78 Å². The van der Waals surface area contributed by atoms with Crippen LogP contribution in [0.15, 0.2) is 48.5 Å². The number of esters is 1. The Labute approximate surface area is 207 Å². The highest BCUT2D eigenvalue weighted by Gasteiger charge is 2.27. The molecule has 0 bridgehead atoms. The minimum absolute atomic E-state index is 0.0149. The molecule has 1 fully saturated rings. The second kappa shape index (κ2) is 10.2. The molecule has 9 heteroatoms. The van der Waals surface area contributed by atoms with Crippen LogP contribution in [0.25, 0.3) is 22.6 Å². The Morgan fingerprint density at radius 1 is 1.11 bits per heavy atom.